The van der Waals surface area contributed by atoms with E-state index in [1.165, 1.54) is 18.5 Å². The molecular weight excluding hydrogens is 231 g/mol. The van der Waals surface area contributed by atoms with E-state index in [2.05, 4.69) is 15.2 Å². The molecular formula is C10H10ClFN4. The molecule has 2 rings (SSSR count). The summed E-state index contributed by atoms with van der Waals surface area (Å²) in [6, 6.07) is 3.91. The predicted octanol–water partition coefficient (Wildman–Crippen LogP) is 1.84. The maximum absolute atomic E-state index is 12.8. The number of nitrogens with one attached hydrogen (secondary N) is 1. The average molecular weight is 241 g/mol. The molecule has 0 saturated heterocycles. The van der Waals surface area contributed by atoms with Gasteiger partial charge in [-0.1, -0.05) is 17.7 Å². The van der Waals surface area contributed by atoms with Crippen molar-refractivity contribution in [3.63, 3.8) is 0 Å². The number of H-pyrrole nitrogens is 1. The molecule has 0 amide bonds. The summed E-state index contributed by atoms with van der Waals surface area (Å²) >= 11 is 5.89. The average Bonchev–Trinajstić information content (AvgIpc) is 2.75. The van der Waals surface area contributed by atoms with Crippen molar-refractivity contribution in [1.29, 1.82) is 0 Å². The van der Waals surface area contributed by atoms with Gasteiger partial charge in [0.25, 0.3) is 0 Å². The molecule has 1 unspecified atom stereocenters. The highest BCUT2D eigenvalue weighted by Crippen LogP contribution is 2.21. The first kappa shape index (κ1) is 11.0. The Balaban J connectivity index is 2.15. The van der Waals surface area contributed by atoms with Crippen molar-refractivity contribution in [2.24, 2.45) is 5.73 Å². The van der Waals surface area contributed by atoms with Gasteiger partial charge in [-0.3, -0.25) is 5.10 Å². The van der Waals surface area contributed by atoms with Gasteiger partial charge in [-0.25, -0.2) is 9.37 Å². The van der Waals surface area contributed by atoms with Gasteiger partial charge in [-0.2, -0.15) is 5.10 Å². The van der Waals surface area contributed by atoms with Crippen LogP contribution in [0.4, 0.5) is 4.39 Å². The molecule has 0 aliphatic heterocycles. The zero-order chi connectivity index (χ0) is 11.5. The van der Waals surface area contributed by atoms with E-state index in [0.717, 1.165) is 5.56 Å². The summed E-state index contributed by atoms with van der Waals surface area (Å²) in [7, 11) is 0. The Morgan fingerprint density at radius 1 is 1.50 bits per heavy atom. The number of nitrogens with zero attached hydrogens (tertiary/aromatic N) is 2. The van der Waals surface area contributed by atoms with Crippen LogP contribution in [-0.4, -0.2) is 15.2 Å². The number of hydrogen-bond acceptors (Lipinski definition) is 3. The normalized spacial score (nSPS) is 12.7. The van der Waals surface area contributed by atoms with Gasteiger partial charge in [-0.15, -0.1) is 0 Å². The summed E-state index contributed by atoms with van der Waals surface area (Å²) in [6.45, 7) is 0. The van der Waals surface area contributed by atoms with Gasteiger partial charge in [0.05, 0.1) is 6.04 Å². The topological polar surface area (TPSA) is 67.6 Å². The Morgan fingerprint density at radius 2 is 2.31 bits per heavy atom. The van der Waals surface area contributed by atoms with Crippen molar-refractivity contribution in [1.82, 2.24) is 15.2 Å². The highest BCUT2D eigenvalue weighted by Gasteiger charge is 2.12. The fourth-order valence-corrected chi connectivity index (χ4v) is 1.66. The van der Waals surface area contributed by atoms with Crippen molar-refractivity contribution in [2.45, 2.75) is 12.5 Å². The van der Waals surface area contributed by atoms with Crippen LogP contribution in [-0.2, 0) is 6.42 Å². The second kappa shape index (κ2) is 4.59. The summed E-state index contributed by atoms with van der Waals surface area (Å²) < 4.78 is 12.8. The fourth-order valence-electron chi connectivity index (χ4n) is 1.41. The third-order valence-corrected chi connectivity index (χ3v) is 2.59. The standard InChI is InChI=1S/C10H10ClFN4/c11-8-4-7(12)2-1-6(8)3-9(13)10-14-5-15-16-10/h1-2,4-5,9H,3,13H2,(H,14,15,16). The van der Waals surface area contributed by atoms with Gasteiger partial charge in [0, 0.05) is 5.02 Å². The van der Waals surface area contributed by atoms with E-state index in [4.69, 9.17) is 17.3 Å². The number of nitrogens with two attached hydrogens (primary N) is 1. The van der Waals surface area contributed by atoms with E-state index < -0.39 is 0 Å². The van der Waals surface area contributed by atoms with Gasteiger partial charge in [0.15, 0.2) is 0 Å². The van der Waals surface area contributed by atoms with Crippen molar-refractivity contribution in [3.8, 4) is 0 Å². The van der Waals surface area contributed by atoms with Crippen LogP contribution in [0.5, 0.6) is 0 Å². The summed E-state index contributed by atoms with van der Waals surface area (Å²) in [5, 5.41) is 6.77. The molecule has 2 aromatic rings. The molecule has 0 radical (unpaired) electrons. The third kappa shape index (κ3) is 2.37. The zero-order valence-electron chi connectivity index (χ0n) is 8.32. The van der Waals surface area contributed by atoms with E-state index in [0.29, 0.717) is 17.3 Å². The molecule has 6 heteroatoms. The Hall–Kier alpha value is -1.46. The number of halogens is 2. The maximum atomic E-state index is 12.8. The van der Waals surface area contributed by atoms with E-state index in [1.807, 2.05) is 0 Å². The molecule has 0 aliphatic rings. The smallest absolute Gasteiger partial charge is 0.141 e. The molecule has 0 aliphatic carbocycles. The molecule has 16 heavy (non-hydrogen) atoms. The molecule has 1 aromatic carbocycles. The minimum absolute atomic E-state index is 0.328. The first-order valence-electron chi connectivity index (χ1n) is 4.71. The Labute approximate surface area is 96.6 Å². The molecule has 1 atom stereocenters. The summed E-state index contributed by atoms with van der Waals surface area (Å²) in [5.41, 5.74) is 6.68. The van der Waals surface area contributed by atoms with Gasteiger partial charge in [-0.05, 0) is 24.1 Å². The van der Waals surface area contributed by atoms with Crippen molar-refractivity contribution in [2.75, 3.05) is 0 Å². The van der Waals surface area contributed by atoms with Gasteiger partial charge < -0.3 is 5.73 Å². The lowest BCUT2D eigenvalue weighted by Crippen LogP contribution is -2.15. The Kier molecular flexibility index (Phi) is 3.17. The molecule has 1 aromatic heterocycles. The minimum atomic E-state index is -0.359. The lowest BCUT2D eigenvalue weighted by atomic mass is 10.1. The van der Waals surface area contributed by atoms with E-state index in [9.17, 15) is 4.39 Å². The number of rotatable bonds is 3. The first-order valence-corrected chi connectivity index (χ1v) is 5.09. The monoisotopic (exact) mass is 240 g/mol. The molecule has 0 fully saturated rings. The number of aromatic nitrogens is 3. The SMILES string of the molecule is NC(Cc1ccc(F)cc1Cl)c1ncn[nH]1. The highest BCUT2D eigenvalue weighted by atomic mass is 35.5. The molecule has 1 heterocycles. The van der Waals surface area contributed by atoms with E-state index in [1.54, 1.807) is 6.07 Å². The minimum Gasteiger partial charge on any atom is -0.321 e. The van der Waals surface area contributed by atoms with Crippen LogP contribution in [0.15, 0.2) is 24.5 Å². The predicted molar refractivity (Wildman–Crippen MR) is 58.4 cm³/mol. The van der Waals surface area contributed by atoms with Gasteiger partial charge in [0.1, 0.15) is 18.0 Å². The van der Waals surface area contributed by atoms with E-state index in [-0.39, 0.29) is 11.9 Å². The van der Waals surface area contributed by atoms with Crippen LogP contribution < -0.4 is 5.73 Å². The molecule has 4 nitrogen and oxygen atoms in total. The largest absolute Gasteiger partial charge is 0.321 e. The Morgan fingerprint density at radius 3 is 2.94 bits per heavy atom. The van der Waals surface area contributed by atoms with Crippen LogP contribution >= 0.6 is 11.6 Å². The molecule has 0 saturated carbocycles. The van der Waals surface area contributed by atoms with Gasteiger partial charge in [0.2, 0.25) is 0 Å². The maximum Gasteiger partial charge on any atom is 0.141 e. The van der Waals surface area contributed by atoms with Crippen molar-refractivity contribution >= 4 is 11.6 Å². The molecule has 3 N–H and O–H groups in total. The Bertz CT molecular complexity index is 472. The lowest BCUT2D eigenvalue weighted by Gasteiger charge is -2.09. The summed E-state index contributed by atoms with van der Waals surface area (Å²) in [6.07, 6.45) is 1.87. The number of benzene rings is 1. The van der Waals surface area contributed by atoms with Crippen LogP contribution in [0.2, 0.25) is 5.02 Å². The van der Waals surface area contributed by atoms with Crippen molar-refractivity contribution in [3.05, 3.63) is 46.8 Å². The molecule has 84 valence electrons. The third-order valence-electron chi connectivity index (χ3n) is 2.24. The summed E-state index contributed by atoms with van der Waals surface area (Å²) in [4.78, 5) is 3.95. The lowest BCUT2D eigenvalue weighted by molar-refractivity contribution is 0.624. The quantitative estimate of drug-likeness (QED) is 0.860. The molecule has 0 spiro atoms. The van der Waals surface area contributed by atoms with Crippen molar-refractivity contribution < 1.29 is 4.39 Å². The van der Waals surface area contributed by atoms with Crippen LogP contribution in [0, 0.1) is 5.82 Å². The second-order valence-electron chi connectivity index (χ2n) is 3.42. The second-order valence-corrected chi connectivity index (χ2v) is 3.82. The van der Waals surface area contributed by atoms with Crippen LogP contribution in [0.1, 0.15) is 17.4 Å². The summed E-state index contributed by atoms with van der Waals surface area (Å²) in [5.74, 6) is 0.224. The first-order chi connectivity index (χ1) is 7.66. The zero-order valence-corrected chi connectivity index (χ0v) is 9.08. The highest BCUT2D eigenvalue weighted by molar-refractivity contribution is 6.31. The van der Waals surface area contributed by atoms with Crippen LogP contribution in [0.3, 0.4) is 0 Å². The fraction of sp³-hybridized carbons (Fsp3) is 0.200. The molecule has 0 bridgehead atoms. The van der Waals surface area contributed by atoms with Crippen LogP contribution in [0.25, 0.3) is 0 Å². The van der Waals surface area contributed by atoms with Gasteiger partial charge >= 0.3 is 0 Å². The number of aromatic amines is 1. The number of hydrogen-bond donors (Lipinski definition) is 2. The van der Waals surface area contributed by atoms with E-state index >= 15 is 0 Å².